The van der Waals surface area contributed by atoms with Gasteiger partial charge in [-0.05, 0) is 0 Å². The third-order valence-electron chi connectivity index (χ3n) is 3.28. The number of aliphatic hydroxyl groups is 6. The molecule has 0 rings (SSSR count). The summed E-state index contributed by atoms with van der Waals surface area (Å²) in [6.07, 6.45) is -3.33. The van der Waals surface area contributed by atoms with Crippen LogP contribution in [0.5, 0.6) is 0 Å². The lowest BCUT2D eigenvalue weighted by Crippen LogP contribution is -2.62. The van der Waals surface area contributed by atoms with E-state index in [1.54, 1.807) is 0 Å². The minimum Gasteiger partial charge on any atom is -0.393 e. The average molecular weight is 282 g/mol. The van der Waals surface area contributed by atoms with Gasteiger partial charge in [0.25, 0.3) is 0 Å². The minimum atomic E-state index is -2.26. The van der Waals surface area contributed by atoms with Crippen LogP contribution in [-0.4, -0.2) is 67.6 Å². The van der Waals surface area contributed by atoms with Crippen molar-refractivity contribution in [3.8, 4) is 0 Å². The second-order valence-corrected chi connectivity index (χ2v) is 5.31. The lowest BCUT2D eigenvalue weighted by molar-refractivity contribution is -0.407. The van der Waals surface area contributed by atoms with Crippen molar-refractivity contribution in [1.29, 1.82) is 0 Å². The van der Waals surface area contributed by atoms with Gasteiger partial charge in [0.2, 0.25) is 0 Å². The zero-order valence-corrected chi connectivity index (χ0v) is 11.8. The Bertz CT molecular complexity index is 245. The van der Waals surface area contributed by atoms with Gasteiger partial charge < -0.3 is 35.4 Å². The first-order valence-corrected chi connectivity index (χ1v) is 6.28. The van der Waals surface area contributed by atoms with Crippen molar-refractivity contribution in [1.82, 2.24) is 0 Å². The van der Waals surface area contributed by atoms with E-state index in [0.29, 0.717) is 0 Å². The molecule has 0 radical (unpaired) electrons. The molecule has 0 aromatic rings. The van der Waals surface area contributed by atoms with E-state index in [1.165, 1.54) is 27.7 Å². The second kappa shape index (κ2) is 6.94. The molecule has 0 heterocycles. The molecule has 19 heavy (non-hydrogen) atoms. The van der Waals surface area contributed by atoms with Crippen LogP contribution in [0.2, 0.25) is 0 Å². The highest BCUT2D eigenvalue weighted by molar-refractivity contribution is 4.88. The van der Waals surface area contributed by atoms with Crippen molar-refractivity contribution in [3.05, 3.63) is 0 Å². The first kappa shape index (κ1) is 18.7. The smallest absolute Gasteiger partial charge is 0.199 e. The maximum atomic E-state index is 10.3. The third-order valence-corrected chi connectivity index (χ3v) is 3.28. The van der Waals surface area contributed by atoms with Crippen molar-refractivity contribution in [2.24, 2.45) is 11.8 Å². The van der Waals surface area contributed by atoms with Gasteiger partial charge in [-0.15, -0.1) is 0 Å². The van der Waals surface area contributed by atoms with Crippen LogP contribution in [0.3, 0.4) is 0 Å². The van der Waals surface area contributed by atoms with E-state index in [4.69, 9.17) is 14.9 Å². The van der Waals surface area contributed by atoms with Gasteiger partial charge in [0, 0.05) is 11.8 Å². The quantitative estimate of drug-likeness (QED) is 0.296. The Balaban J connectivity index is 5.40. The molecular weight excluding hydrogens is 256 g/mol. The molecule has 4 atom stereocenters. The van der Waals surface area contributed by atoms with Gasteiger partial charge in [0.1, 0.15) is 12.2 Å². The first-order chi connectivity index (χ1) is 8.56. The van der Waals surface area contributed by atoms with Gasteiger partial charge in [-0.1, -0.05) is 27.7 Å². The van der Waals surface area contributed by atoms with Crippen molar-refractivity contribution >= 4 is 0 Å². The first-order valence-electron chi connectivity index (χ1n) is 6.28. The van der Waals surface area contributed by atoms with Gasteiger partial charge in [-0.2, -0.15) is 0 Å². The van der Waals surface area contributed by atoms with Crippen molar-refractivity contribution < 1.29 is 35.4 Å². The largest absolute Gasteiger partial charge is 0.393 e. The molecule has 7 nitrogen and oxygen atoms in total. The Morgan fingerprint density at radius 3 is 1.21 bits per heavy atom. The second-order valence-electron chi connectivity index (χ2n) is 5.31. The number of rotatable bonds is 8. The molecule has 6 N–H and O–H groups in total. The molecule has 0 aromatic carbocycles. The molecule has 116 valence electrons. The summed E-state index contributed by atoms with van der Waals surface area (Å²) in [7, 11) is 0. The standard InChI is InChI=1S/C12H26O7/c1-7(2)11(17,9(15)5-13)19-12(18,8(3)4)10(16)6-14/h7-10,13-18H,5-6H2,1-4H3. The van der Waals surface area contributed by atoms with Crippen molar-refractivity contribution in [2.45, 2.75) is 51.5 Å². The molecule has 0 fully saturated rings. The average Bonchev–Trinajstić information content (AvgIpc) is 2.35. The van der Waals surface area contributed by atoms with E-state index in [1.807, 2.05) is 0 Å². The Kier molecular flexibility index (Phi) is 6.84. The summed E-state index contributed by atoms with van der Waals surface area (Å²) in [6, 6.07) is 0. The Hall–Kier alpha value is -0.280. The van der Waals surface area contributed by atoms with E-state index >= 15 is 0 Å². The molecule has 0 aliphatic heterocycles. The zero-order chi connectivity index (χ0) is 15.4. The van der Waals surface area contributed by atoms with Gasteiger partial charge in [-0.25, -0.2) is 0 Å². The van der Waals surface area contributed by atoms with E-state index in [9.17, 15) is 20.4 Å². The Morgan fingerprint density at radius 1 is 0.789 bits per heavy atom. The summed E-state index contributed by atoms with van der Waals surface area (Å²) in [4.78, 5) is 0. The highest BCUT2D eigenvalue weighted by Crippen LogP contribution is 2.33. The SMILES string of the molecule is CC(C)C(O)(OC(O)(C(C)C)C(O)CO)C(O)CO. The molecule has 0 aliphatic rings. The summed E-state index contributed by atoms with van der Waals surface area (Å²) in [5.41, 5.74) is 0. The van der Waals surface area contributed by atoms with Gasteiger partial charge in [-0.3, -0.25) is 0 Å². The van der Waals surface area contributed by atoms with Crippen molar-refractivity contribution in [2.75, 3.05) is 13.2 Å². The summed E-state index contributed by atoms with van der Waals surface area (Å²) in [6.45, 7) is 4.52. The van der Waals surface area contributed by atoms with Crippen LogP contribution < -0.4 is 0 Å². The fourth-order valence-electron chi connectivity index (χ4n) is 1.66. The molecule has 7 heteroatoms. The molecule has 0 aromatic heterocycles. The molecule has 0 saturated heterocycles. The highest BCUT2D eigenvalue weighted by Gasteiger charge is 2.51. The lowest BCUT2D eigenvalue weighted by atomic mass is 9.92. The molecule has 0 bridgehead atoms. The number of ether oxygens (including phenoxy) is 1. The lowest BCUT2D eigenvalue weighted by Gasteiger charge is -2.45. The van der Waals surface area contributed by atoms with E-state index in [2.05, 4.69) is 0 Å². The maximum absolute atomic E-state index is 10.3. The Morgan fingerprint density at radius 2 is 1.05 bits per heavy atom. The predicted octanol–water partition coefficient (Wildman–Crippen LogP) is -1.60. The number of hydrogen-bond donors (Lipinski definition) is 6. The van der Waals surface area contributed by atoms with Gasteiger partial charge in [0.05, 0.1) is 13.2 Å². The van der Waals surface area contributed by atoms with Crippen LogP contribution in [0.25, 0.3) is 0 Å². The number of aliphatic hydroxyl groups excluding tert-OH is 4. The normalized spacial score (nSPS) is 22.1. The zero-order valence-electron chi connectivity index (χ0n) is 11.8. The van der Waals surface area contributed by atoms with Crippen LogP contribution in [0.15, 0.2) is 0 Å². The molecular formula is C12H26O7. The monoisotopic (exact) mass is 282 g/mol. The summed E-state index contributed by atoms with van der Waals surface area (Å²) in [5, 5.41) is 57.9. The summed E-state index contributed by atoms with van der Waals surface area (Å²) in [5.74, 6) is -5.87. The maximum Gasteiger partial charge on any atom is 0.199 e. The fourth-order valence-corrected chi connectivity index (χ4v) is 1.66. The molecule has 4 unspecified atom stereocenters. The van der Waals surface area contributed by atoms with Crippen LogP contribution in [0.4, 0.5) is 0 Å². The van der Waals surface area contributed by atoms with Crippen LogP contribution >= 0.6 is 0 Å². The van der Waals surface area contributed by atoms with E-state index in [0.717, 1.165) is 0 Å². The van der Waals surface area contributed by atoms with Crippen LogP contribution in [0.1, 0.15) is 27.7 Å². The number of hydrogen-bond acceptors (Lipinski definition) is 7. The fraction of sp³-hybridized carbons (Fsp3) is 1.00. The van der Waals surface area contributed by atoms with Crippen molar-refractivity contribution in [3.63, 3.8) is 0 Å². The van der Waals surface area contributed by atoms with Crippen LogP contribution in [-0.2, 0) is 4.74 Å². The molecule has 0 amide bonds. The topological polar surface area (TPSA) is 131 Å². The summed E-state index contributed by atoms with van der Waals surface area (Å²) < 4.78 is 5.14. The van der Waals surface area contributed by atoms with Gasteiger partial charge >= 0.3 is 0 Å². The summed E-state index contributed by atoms with van der Waals surface area (Å²) >= 11 is 0. The van der Waals surface area contributed by atoms with Crippen LogP contribution in [0, 0.1) is 11.8 Å². The Labute approximate surface area is 113 Å². The van der Waals surface area contributed by atoms with E-state index < -0.39 is 48.8 Å². The minimum absolute atomic E-state index is 0.675. The highest BCUT2D eigenvalue weighted by atomic mass is 16.7. The molecule has 0 aliphatic carbocycles. The third kappa shape index (κ3) is 3.85. The molecule has 0 spiro atoms. The predicted molar refractivity (Wildman–Crippen MR) is 66.8 cm³/mol. The molecule has 0 saturated carbocycles. The van der Waals surface area contributed by atoms with Gasteiger partial charge in [0.15, 0.2) is 11.6 Å². The van der Waals surface area contributed by atoms with E-state index in [-0.39, 0.29) is 0 Å².